The molecule has 1 atom stereocenters. The number of rotatable bonds is 6. The van der Waals surface area contributed by atoms with E-state index in [9.17, 15) is 22.4 Å². The summed E-state index contributed by atoms with van der Waals surface area (Å²) in [4.78, 5) is 21.7. The van der Waals surface area contributed by atoms with E-state index in [-0.39, 0.29) is 10.6 Å². The number of halogens is 1. The minimum atomic E-state index is -4.17. The van der Waals surface area contributed by atoms with Crippen LogP contribution in [0.4, 0.5) is 10.1 Å². The van der Waals surface area contributed by atoms with Gasteiger partial charge >= 0.3 is 5.97 Å². The zero-order valence-electron chi connectivity index (χ0n) is 12.3. The van der Waals surface area contributed by atoms with Crippen molar-refractivity contribution in [3.8, 4) is 0 Å². The third-order valence-corrected chi connectivity index (χ3v) is 4.21. The predicted octanol–water partition coefficient (Wildman–Crippen LogP) is 1.17. The Labute approximate surface area is 127 Å². The highest BCUT2D eigenvalue weighted by Gasteiger charge is 2.28. The average Bonchev–Trinajstić information content (AvgIpc) is 2.37. The van der Waals surface area contributed by atoms with Gasteiger partial charge in [0, 0.05) is 6.92 Å². The second-order valence-corrected chi connectivity index (χ2v) is 6.72. The van der Waals surface area contributed by atoms with Crippen molar-refractivity contribution in [1.82, 2.24) is 4.72 Å². The van der Waals surface area contributed by atoms with Crippen molar-refractivity contribution in [3.63, 3.8) is 0 Å². The highest BCUT2D eigenvalue weighted by molar-refractivity contribution is 7.89. The lowest BCUT2D eigenvalue weighted by Gasteiger charge is -2.18. The van der Waals surface area contributed by atoms with Gasteiger partial charge in [0.1, 0.15) is 11.9 Å². The summed E-state index contributed by atoms with van der Waals surface area (Å²) in [6.45, 7) is 4.25. The first-order valence-electron chi connectivity index (χ1n) is 6.37. The van der Waals surface area contributed by atoms with Gasteiger partial charge in [-0.25, -0.2) is 12.8 Å². The zero-order chi connectivity index (χ0) is 17.1. The molecule has 0 aliphatic rings. The van der Waals surface area contributed by atoms with Crippen LogP contribution in [0.1, 0.15) is 20.8 Å². The Morgan fingerprint density at radius 2 is 1.86 bits per heavy atom. The molecule has 1 rings (SSSR count). The van der Waals surface area contributed by atoms with Gasteiger partial charge < -0.3 is 10.4 Å². The molecule has 1 amide bonds. The fraction of sp³-hybridized carbons (Fsp3) is 0.385. The van der Waals surface area contributed by atoms with Gasteiger partial charge in [0.15, 0.2) is 0 Å². The Kier molecular flexibility index (Phi) is 5.61. The van der Waals surface area contributed by atoms with E-state index in [0.717, 1.165) is 25.1 Å². The first-order valence-corrected chi connectivity index (χ1v) is 7.85. The van der Waals surface area contributed by atoms with E-state index < -0.39 is 39.7 Å². The maximum Gasteiger partial charge on any atom is 0.322 e. The fourth-order valence-electron chi connectivity index (χ4n) is 1.66. The number of anilines is 1. The van der Waals surface area contributed by atoms with E-state index in [0.29, 0.717) is 0 Å². The highest BCUT2D eigenvalue weighted by atomic mass is 32.2. The molecule has 9 heteroatoms. The molecule has 122 valence electrons. The summed E-state index contributed by atoms with van der Waals surface area (Å²) in [5.74, 6) is -3.16. The molecule has 1 aromatic carbocycles. The Hall–Kier alpha value is -2.00. The first-order chi connectivity index (χ1) is 10.0. The van der Waals surface area contributed by atoms with Gasteiger partial charge in [-0.15, -0.1) is 0 Å². The number of sulfonamides is 1. The molecular formula is C13H17FN2O5S. The van der Waals surface area contributed by atoms with Crippen LogP contribution in [0, 0.1) is 11.7 Å². The van der Waals surface area contributed by atoms with E-state index in [1.54, 1.807) is 13.8 Å². The van der Waals surface area contributed by atoms with Gasteiger partial charge in [-0.3, -0.25) is 9.59 Å². The molecule has 0 heterocycles. The summed E-state index contributed by atoms with van der Waals surface area (Å²) >= 11 is 0. The van der Waals surface area contributed by atoms with Crippen LogP contribution in [-0.4, -0.2) is 31.4 Å². The van der Waals surface area contributed by atoms with Crippen LogP contribution in [0.2, 0.25) is 0 Å². The van der Waals surface area contributed by atoms with Crippen LogP contribution in [0.3, 0.4) is 0 Å². The van der Waals surface area contributed by atoms with E-state index in [4.69, 9.17) is 5.11 Å². The van der Waals surface area contributed by atoms with Crippen molar-refractivity contribution in [3.05, 3.63) is 24.0 Å². The molecule has 1 aromatic rings. The standard InChI is InChI=1S/C13H17FN2O5S/c1-7(2)12(13(18)19)16-22(20,21)9-4-5-10(14)11(6-9)15-8(3)17/h4-7,12,16H,1-3H3,(H,15,17)(H,18,19)/t12-/m1/s1. The number of hydrogen-bond acceptors (Lipinski definition) is 4. The highest BCUT2D eigenvalue weighted by Crippen LogP contribution is 2.20. The number of carboxylic acids is 1. The topological polar surface area (TPSA) is 113 Å². The maximum atomic E-state index is 13.5. The number of carbonyl (C=O) groups excluding carboxylic acids is 1. The third-order valence-electron chi connectivity index (χ3n) is 2.77. The number of aliphatic carboxylic acids is 1. The molecule has 0 aliphatic heterocycles. The summed E-state index contributed by atoms with van der Waals surface area (Å²) in [7, 11) is -4.17. The van der Waals surface area contributed by atoms with Crippen LogP contribution in [0.5, 0.6) is 0 Å². The number of benzene rings is 1. The molecule has 22 heavy (non-hydrogen) atoms. The Balaban J connectivity index is 3.17. The van der Waals surface area contributed by atoms with Crippen LogP contribution >= 0.6 is 0 Å². The normalized spacial score (nSPS) is 13.0. The lowest BCUT2D eigenvalue weighted by molar-refractivity contribution is -0.140. The van der Waals surface area contributed by atoms with Crippen molar-refractivity contribution >= 4 is 27.6 Å². The third kappa shape index (κ3) is 4.50. The number of hydrogen-bond donors (Lipinski definition) is 3. The smallest absolute Gasteiger partial charge is 0.322 e. The summed E-state index contributed by atoms with van der Waals surface area (Å²) < 4.78 is 39.9. The van der Waals surface area contributed by atoms with Crippen LogP contribution in [0.25, 0.3) is 0 Å². The van der Waals surface area contributed by atoms with Gasteiger partial charge in [0.05, 0.1) is 10.6 Å². The summed E-state index contributed by atoms with van der Waals surface area (Å²) in [6.07, 6.45) is 0. The van der Waals surface area contributed by atoms with Crippen molar-refractivity contribution in [2.24, 2.45) is 5.92 Å². The van der Waals surface area contributed by atoms with Crippen molar-refractivity contribution in [1.29, 1.82) is 0 Å². The fourth-order valence-corrected chi connectivity index (χ4v) is 3.03. The second kappa shape index (κ2) is 6.84. The Morgan fingerprint density at radius 3 is 2.32 bits per heavy atom. The molecule has 0 saturated heterocycles. The lowest BCUT2D eigenvalue weighted by atomic mass is 10.1. The molecule has 3 N–H and O–H groups in total. The molecule has 0 spiro atoms. The van der Waals surface area contributed by atoms with E-state index in [1.165, 1.54) is 0 Å². The number of amides is 1. The SMILES string of the molecule is CC(=O)Nc1cc(S(=O)(=O)N[C@@H](C(=O)O)C(C)C)ccc1F. The van der Waals surface area contributed by atoms with Crippen LogP contribution in [0.15, 0.2) is 23.1 Å². The van der Waals surface area contributed by atoms with Gasteiger partial charge in [-0.1, -0.05) is 13.8 Å². The largest absolute Gasteiger partial charge is 0.480 e. The lowest BCUT2D eigenvalue weighted by Crippen LogP contribution is -2.44. The summed E-state index contributed by atoms with van der Waals surface area (Å²) in [5, 5.41) is 11.2. The number of nitrogens with one attached hydrogen (secondary N) is 2. The second-order valence-electron chi connectivity index (χ2n) is 5.00. The Morgan fingerprint density at radius 1 is 1.27 bits per heavy atom. The minimum Gasteiger partial charge on any atom is -0.480 e. The summed E-state index contributed by atoms with van der Waals surface area (Å²) in [5.41, 5.74) is -0.299. The van der Waals surface area contributed by atoms with Crippen molar-refractivity contribution < 1.29 is 27.5 Å². The average molecular weight is 332 g/mol. The van der Waals surface area contributed by atoms with Crippen molar-refractivity contribution in [2.75, 3.05) is 5.32 Å². The van der Waals surface area contributed by atoms with E-state index >= 15 is 0 Å². The van der Waals surface area contributed by atoms with Crippen LogP contribution < -0.4 is 10.0 Å². The molecule has 0 aromatic heterocycles. The summed E-state index contributed by atoms with van der Waals surface area (Å²) in [6, 6.07) is 1.48. The Bertz CT molecular complexity index is 688. The van der Waals surface area contributed by atoms with Crippen molar-refractivity contribution in [2.45, 2.75) is 31.7 Å². The monoisotopic (exact) mass is 332 g/mol. The van der Waals surface area contributed by atoms with E-state index in [1.807, 2.05) is 4.72 Å². The molecule has 0 saturated carbocycles. The number of carbonyl (C=O) groups is 2. The van der Waals surface area contributed by atoms with Gasteiger partial charge in [-0.05, 0) is 24.1 Å². The van der Waals surface area contributed by atoms with Gasteiger partial charge in [0.25, 0.3) is 0 Å². The minimum absolute atomic E-state index is 0.299. The molecule has 0 unspecified atom stereocenters. The molecule has 0 aliphatic carbocycles. The molecule has 0 bridgehead atoms. The van der Waals surface area contributed by atoms with Gasteiger partial charge in [-0.2, -0.15) is 4.72 Å². The quantitative estimate of drug-likeness (QED) is 0.724. The predicted molar refractivity (Wildman–Crippen MR) is 77.3 cm³/mol. The molecule has 0 fully saturated rings. The molecular weight excluding hydrogens is 315 g/mol. The maximum absolute atomic E-state index is 13.5. The number of carboxylic acid groups (broad SMARTS) is 1. The van der Waals surface area contributed by atoms with Gasteiger partial charge in [0.2, 0.25) is 15.9 Å². The molecule has 0 radical (unpaired) electrons. The molecule has 7 nitrogen and oxygen atoms in total. The zero-order valence-corrected chi connectivity index (χ0v) is 13.1. The van der Waals surface area contributed by atoms with Crippen LogP contribution in [-0.2, 0) is 19.6 Å². The van der Waals surface area contributed by atoms with E-state index in [2.05, 4.69) is 5.32 Å². The first kappa shape index (κ1) is 18.1.